The van der Waals surface area contributed by atoms with E-state index in [-0.39, 0.29) is 0 Å². The average Bonchev–Trinajstić information content (AvgIpc) is 1.55. The first-order valence-electron chi connectivity index (χ1n) is 3.84. The summed E-state index contributed by atoms with van der Waals surface area (Å²) in [7, 11) is -2.29. The lowest BCUT2D eigenvalue weighted by Gasteiger charge is -2.29. The molecule has 0 saturated carbocycles. The Hall–Kier alpha value is 0.864. The van der Waals surface area contributed by atoms with Crippen molar-refractivity contribution in [2.45, 2.75) is 32.7 Å². The Balaban J connectivity index is 4.13. The highest BCUT2D eigenvalue weighted by molar-refractivity contribution is 14.1. The standard InChI is InChI=1S/C7H18INSi2/c1-10(2,3)9-11(4,5)7-6-8/h6-7,9H,1-5H3/b7-6+. The van der Waals surface area contributed by atoms with Crippen molar-refractivity contribution in [2.24, 2.45) is 0 Å². The lowest BCUT2D eigenvalue weighted by molar-refractivity contribution is 1.32. The van der Waals surface area contributed by atoms with Crippen LogP contribution >= 0.6 is 22.6 Å². The Bertz CT molecular complexity index is 149. The highest BCUT2D eigenvalue weighted by atomic mass is 127. The molecule has 0 bridgehead atoms. The number of rotatable bonds is 3. The van der Waals surface area contributed by atoms with Crippen LogP contribution in [0.3, 0.4) is 0 Å². The molecule has 0 aromatic rings. The molecule has 0 radical (unpaired) electrons. The molecule has 0 aliphatic carbocycles. The molecule has 0 unspecified atom stereocenters. The van der Waals surface area contributed by atoms with Gasteiger partial charge >= 0.3 is 0 Å². The molecule has 4 heteroatoms. The van der Waals surface area contributed by atoms with E-state index in [1.807, 2.05) is 0 Å². The zero-order valence-corrected chi connectivity index (χ0v) is 12.2. The van der Waals surface area contributed by atoms with Gasteiger partial charge in [0.2, 0.25) is 0 Å². The zero-order chi connectivity index (χ0) is 9.12. The smallest absolute Gasteiger partial charge is 0.138 e. The molecule has 0 aliphatic heterocycles. The second-order valence-corrected chi connectivity index (χ2v) is 14.4. The van der Waals surface area contributed by atoms with Gasteiger partial charge in [0.05, 0.1) is 0 Å². The quantitative estimate of drug-likeness (QED) is 0.624. The molecule has 0 amide bonds. The summed E-state index contributed by atoms with van der Waals surface area (Å²) < 4.78 is 5.92. The molecule has 0 atom stereocenters. The fourth-order valence-electron chi connectivity index (χ4n) is 1.17. The largest absolute Gasteiger partial charge is 0.356 e. The van der Waals surface area contributed by atoms with Crippen LogP contribution in [0.2, 0.25) is 32.7 Å². The molecule has 66 valence electrons. The normalized spacial score (nSPS) is 14.4. The van der Waals surface area contributed by atoms with E-state index in [0.717, 1.165) is 0 Å². The summed E-state index contributed by atoms with van der Waals surface area (Å²) in [5.74, 6) is 0. The van der Waals surface area contributed by atoms with Gasteiger partial charge in [0.15, 0.2) is 0 Å². The third kappa shape index (κ3) is 7.23. The molecule has 0 rings (SSSR count). The van der Waals surface area contributed by atoms with Gasteiger partial charge in [-0.3, -0.25) is 0 Å². The molecule has 0 heterocycles. The van der Waals surface area contributed by atoms with Crippen molar-refractivity contribution in [3.8, 4) is 0 Å². The predicted molar refractivity (Wildman–Crippen MR) is 67.1 cm³/mol. The molecule has 0 aromatic heterocycles. The molecule has 0 spiro atoms. The number of hydrogen-bond donors (Lipinski definition) is 1. The van der Waals surface area contributed by atoms with Crippen molar-refractivity contribution in [3.63, 3.8) is 0 Å². The molecule has 0 aliphatic rings. The Kier molecular flexibility index (Phi) is 4.53. The second kappa shape index (κ2) is 4.20. The first kappa shape index (κ1) is 11.9. The first-order valence-corrected chi connectivity index (χ1v) is 11.7. The van der Waals surface area contributed by atoms with Gasteiger partial charge in [-0.1, -0.05) is 61.0 Å². The first-order chi connectivity index (χ1) is 4.77. The molecule has 0 aromatic carbocycles. The van der Waals surface area contributed by atoms with Gasteiger partial charge in [-0.05, 0) is 4.08 Å². The lowest BCUT2D eigenvalue weighted by Crippen LogP contribution is -2.56. The van der Waals surface area contributed by atoms with Crippen molar-refractivity contribution < 1.29 is 0 Å². The summed E-state index contributed by atoms with van der Waals surface area (Å²) in [5, 5.41) is 0. The third-order valence-corrected chi connectivity index (χ3v) is 8.79. The van der Waals surface area contributed by atoms with E-state index >= 15 is 0 Å². The lowest BCUT2D eigenvalue weighted by atomic mass is 11.3. The fourth-order valence-corrected chi connectivity index (χ4v) is 12.2. The highest BCUT2D eigenvalue weighted by Gasteiger charge is 2.24. The van der Waals surface area contributed by atoms with Gasteiger partial charge in [0.1, 0.15) is 16.5 Å². The minimum Gasteiger partial charge on any atom is -0.356 e. The minimum atomic E-state index is -1.22. The van der Waals surface area contributed by atoms with Crippen LogP contribution in [0.1, 0.15) is 0 Å². The summed E-state index contributed by atoms with van der Waals surface area (Å²) in [6.45, 7) is 11.7. The summed E-state index contributed by atoms with van der Waals surface area (Å²) in [6, 6.07) is 0. The summed E-state index contributed by atoms with van der Waals surface area (Å²) in [5.41, 5.74) is 2.34. The maximum atomic E-state index is 3.78. The molecule has 1 nitrogen and oxygen atoms in total. The molecule has 0 fully saturated rings. The minimum absolute atomic E-state index is 1.07. The molecule has 1 N–H and O–H groups in total. The summed E-state index contributed by atoms with van der Waals surface area (Å²) >= 11 is 2.29. The third-order valence-electron chi connectivity index (χ3n) is 1.18. The van der Waals surface area contributed by atoms with Gasteiger partial charge < -0.3 is 4.65 Å². The Morgan fingerprint density at radius 3 is 1.82 bits per heavy atom. The van der Waals surface area contributed by atoms with Crippen LogP contribution < -0.4 is 4.65 Å². The number of nitrogens with one attached hydrogen (secondary N) is 1. The van der Waals surface area contributed by atoms with Crippen LogP contribution in [0.25, 0.3) is 0 Å². The van der Waals surface area contributed by atoms with E-state index in [1.165, 1.54) is 0 Å². The zero-order valence-electron chi connectivity index (χ0n) is 8.03. The summed E-state index contributed by atoms with van der Waals surface area (Å²) in [6.07, 6.45) is 0. The van der Waals surface area contributed by atoms with Crippen molar-refractivity contribution >= 4 is 39.1 Å². The maximum Gasteiger partial charge on any atom is 0.138 e. The SMILES string of the molecule is C[Si](C)(C)N[Si](C)(C)/C=C/I. The predicted octanol–water partition coefficient (Wildman–Crippen LogP) is 3.10. The summed E-state index contributed by atoms with van der Waals surface area (Å²) in [4.78, 5) is 0. The number of hydrogen-bond acceptors (Lipinski definition) is 1. The maximum absolute atomic E-state index is 3.78. The van der Waals surface area contributed by atoms with E-state index in [2.05, 4.69) is 69.8 Å². The molecule has 11 heavy (non-hydrogen) atoms. The Morgan fingerprint density at radius 1 is 1.09 bits per heavy atom. The Labute approximate surface area is 86.0 Å². The fraction of sp³-hybridized carbons (Fsp3) is 0.714. The second-order valence-electron chi connectivity index (χ2n) is 4.39. The van der Waals surface area contributed by atoms with Gasteiger partial charge in [-0.25, -0.2) is 0 Å². The average molecular weight is 299 g/mol. The topological polar surface area (TPSA) is 12.0 Å². The molecular weight excluding hydrogens is 281 g/mol. The van der Waals surface area contributed by atoms with Crippen LogP contribution in [0.4, 0.5) is 0 Å². The van der Waals surface area contributed by atoms with Crippen LogP contribution in [-0.4, -0.2) is 16.5 Å². The monoisotopic (exact) mass is 299 g/mol. The van der Waals surface area contributed by atoms with Gasteiger partial charge in [0, 0.05) is 0 Å². The van der Waals surface area contributed by atoms with E-state index in [0.29, 0.717) is 0 Å². The van der Waals surface area contributed by atoms with Crippen molar-refractivity contribution in [2.75, 3.05) is 0 Å². The van der Waals surface area contributed by atoms with E-state index in [9.17, 15) is 0 Å². The van der Waals surface area contributed by atoms with Gasteiger partial charge in [0.25, 0.3) is 0 Å². The van der Waals surface area contributed by atoms with Crippen LogP contribution in [-0.2, 0) is 0 Å². The van der Waals surface area contributed by atoms with Crippen LogP contribution in [0, 0.1) is 0 Å². The molecule has 0 saturated heterocycles. The highest BCUT2D eigenvalue weighted by Crippen LogP contribution is 2.06. The van der Waals surface area contributed by atoms with E-state index in [4.69, 9.17) is 0 Å². The van der Waals surface area contributed by atoms with Crippen molar-refractivity contribution in [1.82, 2.24) is 4.65 Å². The van der Waals surface area contributed by atoms with E-state index in [1.54, 1.807) is 0 Å². The number of halogens is 1. The van der Waals surface area contributed by atoms with Crippen molar-refractivity contribution in [3.05, 3.63) is 9.78 Å². The Morgan fingerprint density at radius 2 is 1.55 bits per heavy atom. The van der Waals surface area contributed by atoms with E-state index < -0.39 is 16.5 Å². The van der Waals surface area contributed by atoms with Gasteiger partial charge in [-0.2, -0.15) is 0 Å². The van der Waals surface area contributed by atoms with Crippen molar-refractivity contribution in [1.29, 1.82) is 0 Å². The van der Waals surface area contributed by atoms with Gasteiger partial charge in [-0.15, -0.1) is 0 Å². The van der Waals surface area contributed by atoms with Crippen LogP contribution in [0.5, 0.6) is 0 Å². The van der Waals surface area contributed by atoms with Crippen LogP contribution in [0.15, 0.2) is 9.78 Å². The molecular formula is C7H18INSi2.